The quantitative estimate of drug-likeness (QED) is 0.345. The van der Waals surface area contributed by atoms with Crippen LogP contribution in [0, 0.1) is 52.0 Å². The molecule has 1 unspecified atom stereocenters. The molecule has 3 saturated carbocycles. The SMILES string of the molecule is C[C@H]1[C@H]2CC[C@H]3[C@@H]4CC=C5C[C@@H](N(C)C(=O)c6ccc(F)c(F)c6F)CC[C@]5(C)C4CC[C@]23CN1C. The van der Waals surface area contributed by atoms with E-state index in [1.165, 1.54) is 37.8 Å². The van der Waals surface area contributed by atoms with Gasteiger partial charge in [0.2, 0.25) is 0 Å². The van der Waals surface area contributed by atoms with Crippen LogP contribution in [-0.4, -0.2) is 48.4 Å². The highest BCUT2D eigenvalue weighted by Crippen LogP contribution is 2.68. The van der Waals surface area contributed by atoms with E-state index in [-0.39, 0.29) is 11.5 Å². The van der Waals surface area contributed by atoms with Gasteiger partial charge in [-0.25, -0.2) is 13.2 Å². The van der Waals surface area contributed by atoms with E-state index in [9.17, 15) is 18.0 Å². The molecule has 36 heavy (non-hydrogen) atoms. The zero-order valence-corrected chi connectivity index (χ0v) is 22.0. The number of halogens is 3. The van der Waals surface area contributed by atoms with Crippen LogP contribution in [0.4, 0.5) is 13.2 Å². The van der Waals surface area contributed by atoms with Gasteiger partial charge < -0.3 is 9.80 Å². The molecular weight excluding hydrogens is 461 g/mol. The molecule has 0 radical (unpaired) electrons. The molecular formula is C30H39F3N2O. The van der Waals surface area contributed by atoms with Crippen LogP contribution in [0.1, 0.15) is 75.6 Å². The fourth-order valence-corrected chi connectivity index (χ4v) is 9.82. The first-order valence-corrected chi connectivity index (χ1v) is 13.9. The molecule has 4 aliphatic carbocycles. The number of allylic oxidation sites excluding steroid dienone is 1. The lowest BCUT2D eigenvalue weighted by molar-refractivity contribution is -0.0430. The maximum atomic E-state index is 14.3. The zero-order chi connectivity index (χ0) is 25.6. The van der Waals surface area contributed by atoms with E-state index in [0.29, 0.717) is 17.4 Å². The maximum absolute atomic E-state index is 14.3. The van der Waals surface area contributed by atoms with Crippen molar-refractivity contribution in [3.8, 4) is 0 Å². The molecule has 1 aromatic carbocycles. The van der Waals surface area contributed by atoms with Crippen LogP contribution in [0.2, 0.25) is 0 Å². The first-order valence-electron chi connectivity index (χ1n) is 13.9. The lowest BCUT2D eigenvalue weighted by atomic mass is 9.47. The molecule has 0 bridgehead atoms. The van der Waals surface area contributed by atoms with Crippen molar-refractivity contribution in [3.63, 3.8) is 0 Å². The largest absolute Gasteiger partial charge is 0.338 e. The van der Waals surface area contributed by atoms with Gasteiger partial charge in [0, 0.05) is 25.7 Å². The molecule has 1 saturated heterocycles. The molecule has 1 aromatic rings. The molecule has 6 heteroatoms. The van der Waals surface area contributed by atoms with Gasteiger partial charge in [-0.3, -0.25) is 4.79 Å². The smallest absolute Gasteiger partial charge is 0.256 e. The number of likely N-dealkylation sites (tertiary alicyclic amines) is 1. The van der Waals surface area contributed by atoms with Crippen molar-refractivity contribution >= 4 is 5.91 Å². The molecule has 1 aliphatic heterocycles. The van der Waals surface area contributed by atoms with Crippen LogP contribution in [0.5, 0.6) is 0 Å². The highest BCUT2D eigenvalue weighted by molar-refractivity contribution is 5.94. The lowest BCUT2D eigenvalue weighted by Gasteiger charge is -2.58. The third-order valence-corrected chi connectivity index (χ3v) is 11.8. The number of carbonyl (C=O) groups excluding carboxylic acids is 1. The number of nitrogens with zero attached hydrogens (tertiary/aromatic N) is 2. The van der Waals surface area contributed by atoms with Gasteiger partial charge in [0.15, 0.2) is 17.5 Å². The normalized spacial score (nSPS) is 41.7. The number of benzene rings is 1. The summed E-state index contributed by atoms with van der Waals surface area (Å²) in [5, 5.41) is 0. The van der Waals surface area contributed by atoms with Gasteiger partial charge in [-0.05, 0) is 112 Å². The third kappa shape index (κ3) is 3.25. The fourth-order valence-electron chi connectivity index (χ4n) is 9.82. The van der Waals surface area contributed by atoms with Crippen molar-refractivity contribution in [2.75, 3.05) is 20.6 Å². The van der Waals surface area contributed by atoms with Crippen LogP contribution in [0.3, 0.4) is 0 Å². The monoisotopic (exact) mass is 500 g/mol. The molecule has 1 amide bonds. The molecule has 1 spiro atoms. The molecule has 1 heterocycles. The van der Waals surface area contributed by atoms with Crippen LogP contribution in [0.15, 0.2) is 23.8 Å². The molecule has 0 N–H and O–H groups in total. The first kappa shape index (κ1) is 24.5. The van der Waals surface area contributed by atoms with Crippen molar-refractivity contribution in [1.29, 1.82) is 0 Å². The minimum atomic E-state index is -1.58. The number of fused-ring (bicyclic) bond motifs is 4. The molecule has 6 rings (SSSR count). The predicted octanol–water partition coefficient (Wildman–Crippen LogP) is 6.44. The number of amides is 1. The number of carbonyl (C=O) groups is 1. The van der Waals surface area contributed by atoms with Gasteiger partial charge in [-0.1, -0.05) is 18.6 Å². The Morgan fingerprint density at radius 2 is 1.78 bits per heavy atom. The number of hydrogen-bond acceptors (Lipinski definition) is 2. The number of rotatable bonds is 2. The van der Waals surface area contributed by atoms with E-state index in [1.807, 2.05) is 0 Å². The summed E-state index contributed by atoms with van der Waals surface area (Å²) in [7, 11) is 3.98. The Kier molecular flexibility index (Phi) is 5.68. The third-order valence-electron chi connectivity index (χ3n) is 11.8. The Labute approximate surface area is 213 Å². The second-order valence-corrected chi connectivity index (χ2v) is 12.9. The summed E-state index contributed by atoms with van der Waals surface area (Å²) in [6.45, 7) is 6.14. The fraction of sp³-hybridized carbons (Fsp3) is 0.700. The van der Waals surface area contributed by atoms with E-state index in [0.717, 1.165) is 55.6 Å². The van der Waals surface area contributed by atoms with Crippen LogP contribution < -0.4 is 0 Å². The van der Waals surface area contributed by atoms with E-state index < -0.39 is 28.9 Å². The molecule has 0 aromatic heterocycles. The highest BCUT2D eigenvalue weighted by atomic mass is 19.2. The van der Waals surface area contributed by atoms with Gasteiger partial charge in [0.05, 0.1) is 5.56 Å². The minimum Gasteiger partial charge on any atom is -0.338 e. The van der Waals surface area contributed by atoms with Gasteiger partial charge in [-0.2, -0.15) is 0 Å². The average molecular weight is 501 g/mol. The van der Waals surface area contributed by atoms with Gasteiger partial charge in [0.1, 0.15) is 0 Å². The van der Waals surface area contributed by atoms with E-state index in [4.69, 9.17) is 0 Å². The first-order chi connectivity index (χ1) is 17.1. The summed E-state index contributed by atoms with van der Waals surface area (Å²) in [6, 6.07) is 2.52. The van der Waals surface area contributed by atoms with Crippen molar-refractivity contribution in [3.05, 3.63) is 46.8 Å². The topological polar surface area (TPSA) is 23.6 Å². The summed E-state index contributed by atoms with van der Waals surface area (Å²) in [4.78, 5) is 17.2. The zero-order valence-electron chi connectivity index (χ0n) is 22.0. The second kappa shape index (κ2) is 8.34. The Balaban J connectivity index is 1.22. The van der Waals surface area contributed by atoms with Gasteiger partial charge in [-0.15, -0.1) is 0 Å². The van der Waals surface area contributed by atoms with Crippen molar-refractivity contribution in [2.24, 2.45) is 34.5 Å². The Bertz CT molecular complexity index is 1120. The minimum absolute atomic E-state index is 0.0592. The Hall–Kier alpha value is -1.82. The van der Waals surface area contributed by atoms with Gasteiger partial charge >= 0.3 is 0 Å². The maximum Gasteiger partial charge on any atom is 0.256 e. The van der Waals surface area contributed by atoms with Crippen LogP contribution in [0.25, 0.3) is 0 Å². The van der Waals surface area contributed by atoms with Crippen LogP contribution >= 0.6 is 0 Å². The predicted molar refractivity (Wildman–Crippen MR) is 134 cm³/mol. The Morgan fingerprint density at radius 3 is 2.56 bits per heavy atom. The Morgan fingerprint density at radius 1 is 1.03 bits per heavy atom. The summed E-state index contributed by atoms with van der Waals surface area (Å²) in [6.07, 6.45) is 11.7. The molecule has 8 atom stereocenters. The van der Waals surface area contributed by atoms with E-state index in [1.54, 1.807) is 11.9 Å². The summed E-state index contributed by atoms with van der Waals surface area (Å²) < 4.78 is 41.5. The summed E-state index contributed by atoms with van der Waals surface area (Å²) >= 11 is 0. The average Bonchev–Trinajstić information content (AvgIpc) is 3.34. The van der Waals surface area contributed by atoms with Gasteiger partial charge in [0.25, 0.3) is 5.91 Å². The molecule has 196 valence electrons. The van der Waals surface area contributed by atoms with Crippen molar-refractivity contribution < 1.29 is 18.0 Å². The number of hydrogen-bond donors (Lipinski definition) is 0. The second-order valence-electron chi connectivity index (χ2n) is 12.9. The summed E-state index contributed by atoms with van der Waals surface area (Å²) in [5.74, 6) is -1.72. The van der Waals surface area contributed by atoms with Crippen molar-refractivity contribution in [1.82, 2.24) is 9.80 Å². The lowest BCUT2D eigenvalue weighted by Crippen LogP contribution is -2.53. The standard InChI is InChI=1S/C30H39F3N2O/c1-17-22-8-9-24-20-6-5-18-15-19(35(4)28(36)21-7-10-25(31)27(33)26(21)32)11-13-29(18,2)23(20)12-14-30(22,24)16-34(17)3/h5,7,10,17,19-20,22-24H,6,8-9,11-16H2,1-4H3/t17-,19-,20+,22+,23?,24-,29-,30-/m0/s1. The van der Waals surface area contributed by atoms with Crippen molar-refractivity contribution in [2.45, 2.75) is 77.3 Å². The van der Waals surface area contributed by atoms with E-state index in [2.05, 4.69) is 31.9 Å². The summed E-state index contributed by atoms with van der Waals surface area (Å²) in [5.41, 5.74) is 1.72. The highest BCUT2D eigenvalue weighted by Gasteiger charge is 2.64. The molecule has 4 fully saturated rings. The van der Waals surface area contributed by atoms with Crippen LogP contribution in [-0.2, 0) is 0 Å². The molecule has 5 aliphatic rings. The molecule has 3 nitrogen and oxygen atoms in total. The van der Waals surface area contributed by atoms with E-state index >= 15 is 0 Å².